The predicted molar refractivity (Wildman–Crippen MR) is 51.6 cm³/mol. The second kappa shape index (κ2) is 3.59. The van der Waals surface area contributed by atoms with E-state index in [0.29, 0.717) is 0 Å². The number of carbonyl (C=O) groups excluding carboxylic acids is 2. The van der Waals surface area contributed by atoms with E-state index in [0.717, 1.165) is 6.42 Å². The zero-order valence-electron chi connectivity index (χ0n) is 9.09. The summed E-state index contributed by atoms with van der Waals surface area (Å²) in [6.07, 6.45) is -0.388. The zero-order valence-corrected chi connectivity index (χ0v) is 9.09. The summed E-state index contributed by atoms with van der Waals surface area (Å²) in [5.74, 6) is -0.256. The Hall–Kier alpha value is -1.06. The van der Waals surface area contributed by atoms with Crippen molar-refractivity contribution < 1.29 is 14.3 Å². The van der Waals surface area contributed by atoms with Crippen molar-refractivity contribution in [3.8, 4) is 0 Å². The van der Waals surface area contributed by atoms with Gasteiger partial charge >= 0.3 is 6.09 Å². The number of carbonyl (C=O) groups is 2. The average molecular weight is 199 g/mol. The summed E-state index contributed by atoms with van der Waals surface area (Å²) in [4.78, 5) is 22.0. The molecule has 2 amide bonds. The fourth-order valence-electron chi connectivity index (χ4n) is 1.82. The summed E-state index contributed by atoms with van der Waals surface area (Å²) in [5.41, 5.74) is 0.134. The van der Waals surface area contributed by atoms with Gasteiger partial charge in [-0.1, -0.05) is 27.7 Å². The third-order valence-electron chi connectivity index (χ3n) is 2.17. The van der Waals surface area contributed by atoms with E-state index in [1.54, 1.807) is 0 Å². The van der Waals surface area contributed by atoms with Gasteiger partial charge in [-0.2, -0.15) is 0 Å². The standard InChI is InChI=1S/C10H17NO3/c1-6(5-10(2,3)4)7-8(12)11-9(13)14-7/h6-7H,5H2,1-4H3,(H,11,12,13). The Morgan fingerprint density at radius 3 is 2.36 bits per heavy atom. The van der Waals surface area contributed by atoms with E-state index in [4.69, 9.17) is 4.74 Å². The van der Waals surface area contributed by atoms with Crippen LogP contribution in [0, 0.1) is 11.3 Å². The molecule has 0 saturated carbocycles. The normalized spacial score (nSPS) is 24.4. The number of cyclic esters (lactones) is 1. The summed E-state index contributed by atoms with van der Waals surface area (Å²) < 4.78 is 4.88. The van der Waals surface area contributed by atoms with E-state index in [1.165, 1.54) is 0 Å². The fraction of sp³-hybridized carbons (Fsp3) is 0.800. The van der Waals surface area contributed by atoms with Gasteiger partial charge in [0.15, 0.2) is 6.10 Å². The van der Waals surface area contributed by atoms with Gasteiger partial charge < -0.3 is 4.74 Å². The Bertz CT molecular complexity index is 255. The number of hydrogen-bond donors (Lipinski definition) is 1. The van der Waals surface area contributed by atoms with Crippen molar-refractivity contribution in [2.45, 2.75) is 40.2 Å². The topological polar surface area (TPSA) is 55.4 Å². The maximum absolute atomic E-state index is 11.3. The van der Waals surface area contributed by atoms with Crippen molar-refractivity contribution >= 4 is 12.0 Å². The molecular formula is C10H17NO3. The molecule has 4 nitrogen and oxygen atoms in total. The molecule has 1 aliphatic heterocycles. The highest BCUT2D eigenvalue weighted by Crippen LogP contribution is 2.28. The van der Waals surface area contributed by atoms with Gasteiger partial charge in [-0.15, -0.1) is 0 Å². The van der Waals surface area contributed by atoms with Crippen LogP contribution in [0.25, 0.3) is 0 Å². The van der Waals surface area contributed by atoms with Crippen molar-refractivity contribution in [3.63, 3.8) is 0 Å². The van der Waals surface area contributed by atoms with Crippen molar-refractivity contribution in [3.05, 3.63) is 0 Å². The van der Waals surface area contributed by atoms with Crippen LogP contribution in [-0.4, -0.2) is 18.1 Å². The van der Waals surface area contributed by atoms with E-state index in [1.807, 2.05) is 6.92 Å². The zero-order chi connectivity index (χ0) is 10.9. The molecule has 0 aromatic carbocycles. The minimum absolute atomic E-state index is 0.0569. The molecule has 0 spiro atoms. The molecule has 80 valence electrons. The number of hydrogen-bond acceptors (Lipinski definition) is 3. The molecule has 1 aliphatic rings. The van der Waals surface area contributed by atoms with Gasteiger partial charge in [-0.3, -0.25) is 10.1 Å². The number of ether oxygens (including phenoxy) is 1. The molecule has 1 fully saturated rings. The Kier molecular flexibility index (Phi) is 2.83. The lowest BCUT2D eigenvalue weighted by Crippen LogP contribution is -2.31. The first-order valence-electron chi connectivity index (χ1n) is 4.81. The molecule has 4 heteroatoms. The molecule has 0 aromatic rings. The number of alkyl carbamates (subject to hydrolysis) is 1. The SMILES string of the molecule is CC(CC(C)(C)C)C1OC(=O)NC1=O. The van der Waals surface area contributed by atoms with Crippen LogP contribution in [0.1, 0.15) is 34.1 Å². The minimum Gasteiger partial charge on any atom is -0.436 e. The summed E-state index contributed by atoms with van der Waals surface area (Å²) in [6.45, 7) is 8.21. The molecule has 14 heavy (non-hydrogen) atoms. The first-order chi connectivity index (χ1) is 6.29. The Balaban J connectivity index is 2.57. The molecular weight excluding hydrogens is 182 g/mol. The number of nitrogens with one attached hydrogen (secondary N) is 1. The van der Waals surface area contributed by atoms with Gasteiger partial charge in [0.05, 0.1) is 0 Å². The monoisotopic (exact) mass is 199 g/mol. The lowest BCUT2D eigenvalue weighted by Gasteiger charge is -2.24. The second-order valence-corrected chi connectivity index (χ2v) is 5.06. The lowest BCUT2D eigenvalue weighted by atomic mass is 9.83. The van der Waals surface area contributed by atoms with E-state index in [9.17, 15) is 9.59 Å². The van der Waals surface area contributed by atoms with Crippen LogP contribution >= 0.6 is 0 Å². The third kappa shape index (κ3) is 2.72. The molecule has 2 atom stereocenters. The van der Waals surface area contributed by atoms with Crippen LogP contribution in [0.5, 0.6) is 0 Å². The van der Waals surface area contributed by atoms with Gasteiger partial charge in [0, 0.05) is 5.92 Å². The maximum atomic E-state index is 11.3. The number of imide groups is 1. The average Bonchev–Trinajstić information content (AvgIpc) is 2.26. The molecule has 0 aromatic heterocycles. The maximum Gasteiger partial charge on any atom is 0.414 e. The van der Waals surface area contributed by atoms with Crippen LogP contribution in [-0.2, 0) is 9.53 Å². The summed E-state index contributed by atoms with van der Waals surface area (Å²) >= 11 is 0. The Morgan fingerprint density at radius 2 is 2.00 bits per heavy atom. The largest absolute Gasteiger partial charge is 0.436 e. The van der Waals surface area contributed by atoms with Gasteiger partial charge in [0.1, 0.15) is 0 Å². The molecule has 0 bridgehead atoms. The van der Waals surface area contributed by atoms with Crippen molar-refractivity contribution in [2.75, 3.05) is 0 Å². The van der Waals surface area contributed by atoms with Crippen molar-refractivity contribution in [1.82, 2.24) is 5.32 Å². The molecule has 2 unspecified atom stereocenters. The van der Waals surface area contributed by atoms with E-state index in [-0.39, 0.29) is 17.2 Å². The highest BCUT2D eigenvalue weighted by atomic mass is 16.6. The predicted octanol–water partition coefficient (Wildman–Crippen LogP) is 1.69. The summed E-state index contributed by atoms with van der Waals surface area (Å²) in [7, 11) is 0. The Morgan fingerprint density at radius 1 is 1.43 bits per heavy atom. The van der Waals surface area contributed by atoms with Gasteiger partial charge in [0.2, 0.25) is 0 Å². The lowest BCUT2D eigenvalue weighted by molar-refractivity contribution is -0.125. The summed E-state index contributed by atoms with van der Waals surface area (Å²) in [6, 6.07) is 0. The highest BCUT2D eigenvalue weighted by molar-refractivity contribution is 6.00. The second-order valence-electron chi connectivity index (χ2n) is 5.06. The van der Waals surface area contributed by atoms with Crippen LogP contribution in [0.3, 0.4) is 0 Å². The van der Waals surface area contributed by atoms with Crippen molar-refractivity contribution in [1.29, 1.82) is 0 Å². The fourth-order valence-corrected chi connectivity index (χ4v) is 1.82. The van der Waals surface area contributed by atoms with Crippen molar-refractivity contribution in [2.24, 2.45) is 11.3 Å². The van der Waals surface area contributed by atoms with Crippen LogP contribution in [0.15, 0.2) is 0 Å². The first kappa shape index (κ1) is 11.0. The molecule has 0 aliphatic carbocycles. The molecule has 1 saturated heterocycles. The third-order valence-corrected chi connectivity index (χ3v) is 2.17. The van der Waals surface area contributed by atoms with Crippen LogP contribution in [0.2, 0.25) is 0 Å². The minimum atomic E-state index is -0.624. The highest BCUT2D eigenvalue weighted by Gasteiger charge is 2.37. The molecule has 1 rings (SSSR count). The quantitative estimate of drug-likeness (QED) is 0.736. The van der Waals surface area contributed by atoms with E-state index in [2.05, 4.69) is 26.1 Å². The summed E-state index contributed by atoms with van der Waals surface area (Å²) in [5, 5.41) is 2.13. The van der Waals surface area contributed by atoms with Gasteiger partial charge in [-0.25, -0.2) is 4.79 Å². The van der Waals surface area contributed by atoms with Gasteiger partial charge in [0.25, 0.3) is 5.91 Å². The molecule has 1 heterocycles. The number of rotatable bonds is 2. The first-order valence-corrected chi connectivity index (χ1v) is 4.81. The molecule has 0 radical (unpaired) electrons. The Labute approximate surface area is 84.0 Å². The van der Waals surface area contributed by atoms with E-state index >= 15 is 0 Å². The smallest absolute Gasteiger partial charge is 0.414 e. The van der Waals surface area contributed by atoms with Gasteiger partial charge in [-0.05, 0) is 11.8 Å². The van der Waals surface area contributed by atoms with E-state index < -0.39 is 12.2 Å². The van der Waals surface area contributed by atoms with Crippen LogP contribution < -0.4 is 5.32 Å². The number of amides is 2. The van der Waals surface area contributed by atoms with Crippen LogP contribution in [0.4, 0.5) is 4.79 Å². The molecule has 1 N–H and O–H groups in total.